The van der Waals surface area contributed by atoms with Crippen LogP contribution in [0, 0.1) is 11.6 Å². The number of hydrogen-bond acceptors (Lipinski definition) is 3. The number of aliphatic imine (C=N–C) groups is 1. The lowest BCUT2D eigenvalue weighted by Gasteiger charge is -2.33. The van der Waals surface area contributed by atoms with Gasteiger partial charge in [0.1, 0.15) is 23.0 Å². The summed E-state index contributed by atoms with van der Waals surface area (Å²) in [6.07, 6.45) is -8.45. The Kier molecular flexibility index (Phi) is 6.35. The zero-order valence-corrected chi connectivity index (χ0v) is 14.5. The highest BCUT2D eigenvalue weighted by molar-refractivity contribution is 6.11. The van der Waals surface area contributed by atoms with E-state index in [1.54, 1.807) is 0 Å². The van der Waals surface area contributed by atoms with Crippen LogP contribution < -0.4 is 5.73 Å². The minimum atomic E-state index is -5.07. The molecular formula is C17H16F7N3O. The van der Waals surface area contributed by atoms with Crippen molar-refractivity contribution >= 4 is 11.6 Å². The minimum Gasteiger partial charge on any atom is -0.394 e. The lowest BCUT2D eigenvalue weighted by Crippen LogP contribution is -2.49. The molecule has 0 spiro atoms. The number of nitrogens with zero attached hydrogens (tertiary/aromatic N) is 2. The molecular weight excluding hydrogens is 395 g/mol. The summed E-state index contributed by atoms with van der Waals surface area (Å²) >= 11 is 0. The highest BCUT2D eigenvalue weighted by Gasteiger charge is 2.42. The number of nitrogens with two attached hydrogens (primary N) is 1. The standard InChI is InChI=1S/C17H16F7N3O/c1-8(15(20)21)27-6-5-9(13(25)16(27)28)14(17(22,23)24)26-7-10-11(18)3-2-4-12(10)19/h2-4,8,15H,5-7,25H2,1H3. The van der Waals surface area contributed by atoms with Gasteiger partial charge in [-0.15, -0.1) is 0 Å². The normalized spacial score (nSPS) is 17.5. The third-order valence-electron chi connectivity index (χ3n) is 4.29. The highest BCUT2D eigenvalue weighted by atomic mass is 19.4. The molecule has 0 aliphatic carbocycles. The SMILES string of the molecule is CC(C(F)F)N1CCC(C(=NCc2c(F)cccc2F)C(F)(F)F)=C(N)C1=O. The Bertz CT molecular complexity index is 797. The molecule has 4 nitrogen and oxygen atoms in total. The topological polar surface area (TPSA) is 58.7 Å². The molecule has 0 radical (unpaired) electrons. The number of rotatable bonds is 5. The zero-order valence-electron chi connectivity index (χ0n) is 14.5. The summed E-state index contributed by atoms with van der Waals surface area (Å²) in [6, 6.07) is 1.23. The fourth-order valence-corrected chi connectivity index (χ4v) is 2.72. The number of benzene rings is 1. The van der Waals surface area contributed by atoms with Crippen LogP contribution in [-0.2, 0) is 11.3 Å². The highest BCUT2D eigenvalue weighted by Crippen LogP contribution is 2.30. The molecule has 154 valence electrons. The van der Waals surface area contributed by atoms with Crippen LogP contribution in [0.1, 0.15) is 18.9 Å². The predicted molar refractivity (Wildman–Crippen MR) is 86.6 cm³/mol. The maximum Gasteiger partial charge on any atom is 0.433 e. The van der Waals surface area contributed by atoms with Gasteiger partial charge in [-0.1, -0.05) is 6.07 Å². The molecule has 0 bridgehead atoms. The van der Waals surface area contributed by atoms with Gasteiger partial charge in [0.15, 0.2) is 0 Å². The van der Waals surface area contributed by atoms with Gasteiger partial charge in [0.05, 0.1) is 12.6 Å². The molecule has 1 heterocycles. The van der Waals surface area contributed by atoms with Crippen molar-refractivity contribution < 1.29 is 35.5 Å². The van der Waals surface area contributed by atoms with Crippen molar-refractivity contribution in [3.8, 4) is 0 Å². The Morgan fingerprint density at radius 3 is 2.32 bits per heavy atom. The van der Waals surface area contributed by atoms with E-state index in [4.69, 9.17) is 5.73 Å². The second-order valence-corrected chi connectivity index (χ2v) is 6.08. The van der Waals surface area contributed by atoms with Crippen LogP contribution in [-0.4, -0.2) is 41.7 Å². The van der Waals surface area contributed by atoms with Gasteiger partial charge < -0.3 is 10.6 Å². The average molecular weight is 411 g/mol. The number of halogens is 7. The minimum absolute atomic E-state index is 0.427. The third kappa shape index (κ3) is 4.45. The van der Waals surface area contributed by atoms with Crippen molar-refractivity contribution in [1.29, 1.82) is 0 Å². The fourth-order valence-electron chi connectivity index (χ4n) is 2.72. The van der Waals surface area contributed by atoms with Crippen LogP contribution >= 0.6 is 0 Å². The predicted octanol–water partition coefficient (Wildman–Crippen LogP) is 3.57. The zero-order chi connectivity index (χ0) is 21.2. The number of alkyl halides is 5. The monoisotopic (exact) mass is 411 g/mol. The van der Waals surface area contributed by atoms with Crippen molar-refractivity contribution in [2.75, 3.05) is 6.54 Å². The number of hydrogen-bond donors (Lipinski definition) is 1. The van der Waals surface area contributed by atoms with Gasteiger partial charge in [-0.2, -0.15) is 13.2 Å². The molecule has 1 amide bonds. The second kappa shape index (κ2) is 8.19. The first-order valence-electron chi connectivity index (χ1n) is 8.07. The molecule has 0 saturated heterocycles. The lowest BCUT2D eigenvalue weighted by molar-refractivity contribution is -0.133. The molecule has 2 N–H and O–H groups in total. The fraction of sp³-hybridized carbons (Fsp3) is 0.412. The summed E-state index contributed by atoms with van der Waals surface area (Å²) in [7, 11) is 0. The van der Waals surface area contributed by atoms with Gasteiger partial charge >= 0.3 is 6.18 Å². The van der Waals surface area contributed by atoms with Crippen LogP contribution in [0.25, 0.3) is 0 Å². The second-order valence-electron chi connectivity index (χ2n) is 6.08. The Balaban J connectivity index is 2.43. The molecule has 11 heteroatoms. The van der Waals surface area contributed by atoms with Crippen LogP contribution in [0.5, 0.6) is 0 Å². The molecule has 1 aliphatic heterocycles. The molecule has 0 aromatic heterocycles. The Morgan fingerprint density at radius 1 is 1.25 bits per heavy atom. The number of carbonyl (C=O) groups excluding carboxylic acids is 1. The van der Waals surface area contributed by atoms with Gasteiger partial charge in [-0.25, -0.2) is 17.6 Å². The van der Waals surface area contributed by atoms with E-state index in [0.717, 1.165) is 25.1 Å². The molecule has 28 heavy (non-hydrogen) atoms. The summed E-state index contributed by atoms with van der Waals surface area (Å²) in [6.45, 7) is -0.362. The molecule has 2 rings (SSSR count). The van der Waals surface area contributed by atoms with E-state index in [1.165, 1.54) is 0 Å². The molecule has 0 saturated carbocycles. The maximum absolute atomic E-state index is 13.6. The van der Waals surface area contributed by atoms with Gasteiger partial charge in [-0.3, -0.25) is 9.79 Å². The summed E-state index contributed by atoms with van der Waals surface area (Å²) < 4.78 is 93.2. The summed E-state index contributed by atoms with van der Waals surface area (Å²) in [5.74, 6) is -3.34. The summed E-state index contributed by atoms with van der Waals surface area (Å²) in [5.41, 5.74) is 1.69. The molecule has 1 aliphatic rings. The van der Waals surface area contributed by atoms with Crippen LogP contribution in [0.15, 0.2) is 34.5 Å². The van der Waals surface area contributed by atoms with Crippen LogP contribution in [0.2, 0.25) is 0 Å². The van der Waals surface area contributed by atoms with Crippen molar-refractivity contribution in [2.24, 2.45) is 10.7 Å². The smallest absolute Gasteiger partial charge is 0.394 e. The van der Waals surface area contributed by atoms with E-state index >= 15 is 0 Å². The number of amides is 1. The van der Waals surface area contributed by atoms with Gasteiger partial charge in [0, 0.05) is 17.7 Å². The summed E-state index contributed by atoms with van der Waals surface area (Å²) in [5, 5.41) is 0. The first-order chi connectivity index (χ1) is 12.9. The van der Waals surface area contributed by atoms with E-state index < -0.39 is 78.2 Å². The van der Waals surface area contributed by atoms with E-state index in [-0.39, 0.29) is 0 Å². The van der Waals surface area contributed by atoms with Crippen LogP contribution in [0.3, 0.4) is 0 Å². The Hall–Kier alpha value is -2.59. The van der Waals surface area contributed by atoms with E-state index in [0.29, 0.717) is 4.90 Å². The van der Waals surface area contributed by atoms with E-state index in [1.807, 2.05) is 0 Å². The molecule has 1 aromatic rings. The van der Waals surface area contributed by atoms with Crippen molar-refractivity contribution in [2.45, 2.75) is 38.5 Å². The average Bonchev–Trinajstić information content (AvgIpc) is 2.59. The third-order valence-corrected chi connectivity index (χ3v) is 4.29. The van der Waals surface area contributed by atoms with Crippen molar-refractivity contribution in [3.63, 3.8) is 0 Å². The van der Waals surface area contributed by atoms with Crippen molar-refractivity contribution in [3.05, 3.63) is 46.7 Å². The number of carbonyl (C=O) groups is 1. The van der Waals surface area contributed by atoms with Gasteiger partial charge in [0.2, 0.25) is 0 Å². The molecule has 1 aromatic carbocycles. The van der Waals surface area contributed by atoms with Crippen LogP contribution in [0.4, 0.5) is 30.7 Å². The van der Waals surface area contributed by atoms with Gasteiger partial charge in [-0.05, 0) is 25.5 Å². The largest absolute Gasteiger partial charge is 0.433 e. The quantitative estimate of drug-likeness (QED) is 0.595. The van der Waals surface area contributed by atoms with Gasteiger partial charge in [0.25, 0.3) is 12.3 Å². The lowest BCUT2D eigenvalue weighted by atomic mass is 9.98. The Labute approximate surface area is 155 Å². The first kappa shape index (κ1) is 21.7. The van der Waals surface area contributed by atoms with E-state index in [2.05, 4.69) is 4.99 Å². The maximum atomic E-state index is 13.6. The molecule has 1 unspecified atom stereocenters. The van der Waals surface area contributed by atoms with Crippen molar-refractivity contribution in [1.82, 2.24) is 4.90 Å². The summed E-state index contributed by atoms with van der Waals surface area (Å²) in [4.78, 5) is 16.1. The Morgan fingerprint density at radius 2 is 1.82 bits per heavy atom. The molecule has 1 atom stereocenters. The first-order valence-corrected chi connectivity index (χ1v) is 8.07. The van der Waals surface area contributed by atoms with E-state index in [9.17, 15) is 35.5 Å². The molecule has 0 fully saturated rings.